The van der Waals surface area contributed by atoms with E-state index in [0.29, 0.717) is 11.1 Å². The van der Waals surface area contributed by atoms with Crippen LogP contribution in [0.25, 0.3) is 0 Å². The number of carbonyl (C=O) groups excluding carboxylic acids is 1. The summed E-state index contributed by atoms with van der Waals surface area (Å²) in [4.78, 5) is 22.9. The summed E-state index contributed by atoms with van der Waals surface area (Å²) in [7, 11) is 0. The van der Waals surface area contributed by atoms with Crippen LogP contribution < -0.4 is 5.32 Å². The first-order valence-electron chi connectivity index (χ1n) is 7.87. The zero-order valence-electron chi connectivity index (χ0n) is 13.4. The third-order valence-corrected chi connectivity index (χ3v) is 4.05. The van der Waals surface area contributed by atoms with Crippen LogP contribution in [0.3, 0.4) is 0 Å². The first-order valence-corrected chi connectivity index (χ1v) is 7.87. The van der Waals surface area contributed by atoms with E-state index in [1.807, 2.05) is 4.90 Å². The normalized spacial score (nSPS) is 18.1. The number of hydrogen-bond donors (Lipinski definition) is 1. The molecule has 1 aromatic rings. The molecule has 0 aliphatic carbocycles. The lowest BCUT2D eigenvalue weighted by atomic mass is 9.85. The van der Waals surface area contributed by atoms with Crippen molar-refractivity contribution in [3.05, 3.63) is 18.1 Å². The van der Waals surface area contributed by atoms with Crippen molar-refractivity contribution >= 4 is 11.7 Å². The van der Waals surface area contributed by atoms with Gasteiger partial charge in [0.2, 0.25) is 0 Å². The minimum Gasteiger partial charge on any atom is -0.369 e. The Hall–Kier alpha value is -1.65. The molecule has 1 fully saturated rings. The van der Waals surface area contributed by atoms with Crippen molar-refractivity contribution in [3.8, 4) is 0 Å². The maximum atomic E-state index is 12.5. The first kappa shape index (κ1) is 15.7. The Morgan fingerprint density at radius 2 is 2.10 bits per heavy atom. The molecule has 1 aromatic heterocycles. The molecule has 0 saturated carbocycles. The number of hydrogen-bond acceptors (Lipinski definition) is 4. The predicted molar refractivity (Wildman–Crippen MR) is 84.3 cm³/mol. The fraction of sp³-hybridized carbons (Fsp3) is 0.688. The Bertz CT molecular complexity index is 470. The summed E-state index contributed by atoms with van der Waals surface area (Å²) in [5.41, 5.74) is 0.769. The summed E-state index contributed by atoms with van der Waals surface area (Å²) >= 11 is 0. The molecule has 1 N–H and O–H groups in total. The summed E-state index contributed by atoms with van der Waals surface area (Å²) in [6, 6.07) is 0. The van der Waals surface area contributed by atoms with Gasteiger partial charge in [-0.1, -0.05) is 20.8 Å². The van der Waals surface area contributed by atoms with Gasteiger partial charge in [-0.2, -0.15) is 0 Å². The molecule has 1 saturated heterocycles. The summed E-state index contributed by atoms with van der Waals surface area (Å²) in [6.45, 7) is 9.13. The second-order valence-corrected chi connectivity index (χ2v) is 6.52. The van der Waals surface area contributed by atoms with Gasteiger partial charge in [0, 0.05) is 19.6 Å². The second kappa shape index (κ2) is 6.87. The molecule has 5 nitrogen and oxygen atoms in total. The number of anilines is 1. The zero-order chi connectivity index (χ0) is 15.3. The fourth-order valence-electron chi connectivity index (χ4n) is 2.57. The highest BCUT2D eigenvalue weighted by Crippen LogP contribution is 2.30. The molecule has 21 heavy (non-hydrogen) atoms. The monoisotopic (exact) mass is 290 g/mol. The Morgan fingerprint density at radius 1 is 1.29 bits per heavy atom. The molecule has 0 atom stereocenters. The van der Waals surface area contributed by atoms with E-state index in [-0.39, 0.29) is 5.91 Å². The molecule has 1 aliphatic rings. The van der Waals surface area contributed by atoms with Gasteiger partial charge >= 0.3 is 0 Å². The topological polar surface area (TPSA) is 58.1 Å². The van der Waals surface area contributed by atoms with Gasteiger partial charge in [-0.25, -0.2) is 9.97 Å². The molecular weight excluding hydrogens is 264 g/mol. The van der Waals surface area contributed by atoms with Crippen LogP contribution in [0.1, 0.15) is 56.9 Å². The number of rotatable bonds is 4. The van der Waals surface area contributed by atoms with Crippen LogP contribution >= 0.6 is 0 Å². The van der Waals surface area contributed by atoms with Gasteiger partial charge in [-0.15, -0.1) is 0 Å². The highest BCUT2D eigenvalue weighted by atomic mass is 16.2. The highest BCUT2D eigenvalue weighted by Gasteiger charge is 2.26. The molecule has 0 aromatic carbocycles. The summed E-state index contributed by atoms with van der Waals surface area (Å²) in [5.74, 6) is 0.729. The van der Waals surface area contributed by atoms with Gasteiger partial charge < -0.3 is 10.2 Å². The minimum atomic E-state index is 0.00208. The minimum absolute atomic E-state index is 0.00208. The van der Waals surface area contributed by atoms with Crippen LogP contribution in [-0.4, -0.2) is 40.4 Å². The number of nitrogens with zero attached hydrogens (tertiary/aromatic N) is 3. The molecule has 1 amide bonds. The van der Waals surface area contributed by atoms with Crippen molar-refractivity contribution in [3.63, 3.8) is 0 Å². The third kappa shape index (κ3) is 4.41. The second-order valence-electron chi connectivity index (χ2n) is 6.52. The van der Waals surface area contributed by atoms with E-state index in [9.17, 15) is 4.79 Å². The van der Waals surface area contributed by atoms with Gasteiger partial charge in [0.25, 0.3) is 5.91 Å². The number of amides is 1. The molecule has 1 aliphatic heterocycles. The zero-order valence-corrected chi connectivity index (χ0v) is 13.4. The van der Waals surface area contributed by atoms with Crippen LogP contribution in [0.5, 0.6) is 0 Å². The van der Waals surface area contributed by atoms with Gasteiger partial charge in [0.1, 0.15) is 11.5 Å². The quantitative estimate of drug-likeness (QED) is 0.926. The van der Waals surface area contributed by atoms with E-state index in [2.05, 4.69) is 36.1 Å². The van der Waals surface area contributed by atoms with E-state index < -0.39 is 0 Å². The standard InChI is InChI=1S/C16H26N4O/c1-4-8-17-14-12-18-13(11-19-14)15(21)20-9-5-6-16(2,3)7-10-20/h11-12H,4-10H2,1-3H3,(H,17,19). The molecular formula is C16H26N4O. The van der Waals surface area contributed by atoms with Crippen LogP contribution in [0, 0.1) is 5.41 Å². The van der Waals surface area contributed by atoms with Gasteiger partial charge in [0.15, 0.2) is 0 Å². The molecule has 0 unspecified atom stereocenters. The fourth-order valence-corrected chi connectivity index (χ4v) is 2.57. The summed E-state index contributed by atoms with van der Waals surface area (Å²) in [6.07, 6.45) is 7.53. The highest BCUT2D eigenvalue weighted by molar-refractivity contribution is 5.92. The third-order valence-electron chi connectivity index (χ3n) is 4.05. The first-order chi connectivity index (χ1) is 10.0. The lowest BCUT2D eigenvalue weighted by Crippen LogP contribution is -2.33. The van der Waals surface area contributed by atoms with Gasteiger partial charge in [-0.05, 0) is 31.1 Å². The largest absolute Gasteiger partial charge is 0.369 e. The Balaban J connectivity index is 1.99. The van der Waals surface area contributed by atoms with Gasteiger partial charge in [0.05, 0.1) is 12.4 Å². The molecule has 116 valence electrons. The summed E-state index contributed by atoms with van der Waals surface area (Å²) in [5, 5.41) is 3.16. The number of likely N-dealkylation sites (tertiary alicyclic amines) is 1. The smallest absolute Gasteiger partial charge is 0.274 e. The Labute approximate surface area is 127 Å². The molecule has 5 heteroatoms. The van der Waals surface area contributed by atoms with Crippen molar-refractivity contribution < 1.29 is 4.79 Å². The summed E-state index contributed by atoms with van der Waals surface area (Å²) < 4.78 is 0. The Kier molecular flexibility index (Phi) is 5.15. The van der Waals surface area contributed by atoms with Crippen LogP contribution in [-0.2, 0) is 0 Å². The van der Waals surface area contributed by atoms with Crippen molar-refractivity contribution in [1.82, 2.24) is 14.9 Å². The van der Waals surface area contributed by atoms with Crippen LogP contribution in [0.4, 0.5) is 5.82 Å². The lowest BCUT2D eigenvalue weighted by Gasteiger charge is -2.23. The molecule has 2 rings (SSSR count). The van der Waals surface area contributed by atoms with Crippen LogP contribution in [0.2, 0.25) is 0 Å². The maximum absolute atomic E-state index is 12.5. The van der Waals surface area contributed by atoms with Crippen molar-refractivity contribution in [2.24, 2.45) is 5.41 Å². The van der Waals surface area contributed by atoms with E-state index in [1.165, 1.54) is 6.42 Å². The van der Waals surface area contributed by atoms with E-state index in [1.54, 1.807) is 12.4 Å². The van der Waals surface area contributed by atoms with E-state index >= 15 is 0 Å². The molecule has 0 radical (unpaired) electrons. The molecule has 0 spiro atoms. The van der Waals surface area contributed by atoms with Gasteiger partial charge in [-0.3, -0.25) is 4.79 Å². The Morgan fingerprint density at radius 3 is 2.76 bits per heavy atom. The van der Waals surface area contributed by atoms with E-state index in [4.69, 9.17) is 0 Å². The van der Waals surface area contributed by atoms with Crippen molar-refractivity contribution in [2.45, 2.75) is 46.5 Å². The molecule has 2 heterocycles. The lowest BCUT2D eigenvalue weighted by molar-refractivity contribution is 0.0751. The van der Waals surface area contributed by atoms with Crippen molar-refractivity contribution in [1.29, 1.82) is 0 Å². The maximum Gasteiger partial charge on any atom is 0.274 e. The SMILES string of the molecule is CCCNc1cnc(C(=O)N2CCCC(C)(C)CC2)cn1. The van der Waals surface area contributed by atoms with E-state index in [0.717, 1.165) is 44.7 Å². The van der Waals surface area contributed by atoms with Crippen LogP contribution in [0.15, 0.2) is 12.4 Å². The number of aromatic nitrogens is 2. The number of nitrogens with one attached hydrogen (secondary N) is 1. The predicted octanol–water partition coefficient (Wildman–Crippen LogP) is 2.95. The van der Waals surface area contributed by atoms with Crippen molar-refractivity contribution in [2.75, 3.05) is 25.0 Å². The number of carbonyl (C=O) groups is 1. The average molecular weight is 290 g/mol. The molecule has 0 bridgehead atoms. The average Bonchev–Trinajstić information content (AvgIpc) is 2.66.